The van der Waals surface area contributed by atoms with E-state index in [2.05, 4.69) is 25.7 Å². The summed E-state index contributed by atoms with van der Waals surface area (Å²) in [7, 11) is 0. The number of hydrogen-bond acceptors (Lipinski definition) is 6. The molecule has 9 nitrogen and oxygen atoms in total. The first-order valence-electron chi connectivity index (χ1n) is 11.2. The van der Waals surface area contributed by atoms with Gasteiger partial charge < -0.3 is 15.4 Å². The number of ether oxygens (including phenoxy) is 1. The van der Waals surface area contributed by atoms with Crippen molar-refractivity contribution in [3.8, 4) is 17.0 Å². The molecule has 3 aromatic heterocycles. The Balaban J connectivity index is 1.57. The van der Waals surface area contributed by atoms with Crippen LogP contribution in [0.25, 0.3) is 16.9 Å². The molecule has 0 bridgehead atoms. The normalized spacial score (nSPS) is 12.0. The minimum Gasteiger partial charge on any atom is -0.454 e. The second-order valence-electron chi connectivity index (χ2n) is 8.18. The van der Waals surface area contributed by atoms with E-state index >= 15 is 0 Å². The first kappa shape index (κ1) is 25.6. The third-order valence-electron chi connectivity index (χ3n) is 5.40. The largest absolute Gasteiger partial charge is 0.454 e. The maximum atomic E-state index is 13.4. The second-order valence-corrected chi connectivity index (χ2v) is 8.18. The Morgan fingerprint density at radius 2 is 1.81 bits per heavy atom. The molecule has 0 aliphatic carbocycles. The highest BCUT2D eigenvalue weighted by atomic mass is 19.3. The van der Waals surface area contributed by atoms with Gasteiger partial charge in [0.2, 0.25) is 5.91 Å². The summed E-state index contributed by atoms with van der Waals surface area (Å²) in [5.41, 5.74) is 3.38. The minimum atomic E-state index is -3.30. The van der Waals surface area contributed by atoms with E-state index in [0.29, 0.717) is 39.7 Å². The Morgan fingerprint density at radius 3 is 2.54 bits per heavy atom. The molecule has 2 amide bonds. The van der Waals surface area contributed by atoms with Crippen LogP contribution in [0.1, 0.15) is 34.2 Å². The molecule has 1 aromatic carbocycles. The average Bonchev–Trinajstić information content (AvgIpc) is 3.24. The van der Waals surface area contributed by atoms with Crippen LogP contribution in [0.2, 0.25) is 0 Å². The van der Waals surface area contributed by atoms with Crippen LogP contribution in [-0.2, 0) is 11.3 Å². The first-order valence-corrected chi connectivity index (χ1v) is 11.2. The number of rotatable bonds is 8. The van der Waals surface area contributed by atoms with Crippen LogP contribution in [0, 0.1) is 13.8 Å². The molecule has 1 unspecified atom stereocenters. The van der Waals surface area contributed by atoms with E-state index in [1.165, 1.54) is 23.6 Å². The molecule has 0 radical (unpaired) electrons. The van der Waals surface area contributed by atoms with E-state index < -0.39 is 18.7 Å². The summed E-state index contributed by atoms with van der Waals surface area (Å²) in [6.07, 6.45) is -4.51. The van der Waals surface area contributed by atoms with Gasteiger partial charge >= 0.3 is 6.43 Å². The van der Waals surface area contributed by atoms with Gasteiger partial charge in [-0.25, -0.2) is 18.3 Å². The standard InChI is InChI=1S/C25H23F3N6O3/c1-13-17(19-8-9-22-32-21(31-15(3)35)12-34(22)33-19)10-18(14(2)30-13)25(36)29-11-16-6-4-5-7-20(16)37-24(28)23(26)27/h4-10,12,23-24H,11H2,1-3H3,(H,29,36)(H,31,35). The number of pyridine rings is 1. The fourth-order valence-electron chi connectivity index (χ4n) is 3.69. The van der Waals surface area contributed by atoms with E-state index in [4.69, 9.17) is 4.74 Å². The number of anilines is 1. The molecule has 3 heterocycles. The predicted molar refractivity (Wildman–Crippen MR) is 129 cm³/mol. The molecule has 0 fully saturated rings. The third-order valence-corrected chi connectivity index (χ3v) is 5.40. The van der Waals surface area contributed by atoms with Crippen molar-refractivity contribution in [3.05, 3.63) is 71.2 Å². The SMILES string of the molecule is CC(=O)Nc1cn2nc(-c3cc(C(=O)NCc4ccccc4OC(F)C(F)F)c(C)nc3C)ccc2n1. The van der Waals surface area contributed by atoms with Crippen LogP contribution < -0.4 is 15.4 Å². The van der Waals surface area contributed by atoms with Crippen molar-refractivity contribution in [3.63, 3.8) is 0 Å². The fourth-order valence-corrected chi connectivity index (χ4v) is 3.69. The lowest BCUT2D eigenvalue weighted by atomic mass is 10.0. The molecule has 0 saturated carbocycles. The molecule has 1 atom stereocenters. The van der Waals surface area contributed by atoms with Gasteiger partial charge in [-0.2, -0.15) is 9.49 Å². The summed E-state index contributed by atoms with van der Waals surface area (Å²) in [5.74, 6) is -0.465. The number of nitrogens with zero attached hydrogens (tertiary/aromatic N) is 4. The number of carbonyl (C=O) groups excluding carboxylic acids is 2. The third kappa shape index (κ3) is 5.85. The van der Waals surface area contributed by atoms with Crippen molar-refractivity contribution >= 4 is 23.3 Å². The topological polar surface area (TPSA) is 111 Å². The lowest BCUT2D eigenvalue weighted by Crippen LogP contribution is -2.25. The van der Waals surface area contributed by atoms with E-state index in [1.54, 1.807) is 50.4 Å². The maximum Gasteiger partial charge on any atom is 0.304 e. The summed E-state index contributed by atoms with van der Waals surface area (Å²) in [5, 5.41) is 9.83. The van der Waals surface area contributed by atoms with E-state index in [0.717, 1.165) is 0 Å². The summed E-state index contributed by atoms with van der Waals surface area (Å²) in [4.78, 5) is 33.1. The van der Waals surface area contributed by atoms with Gasteiger partial charge in [0.15, 0.2) is 11.5 Å². The average molecular weight is 512 g/mol. The van der Waals surface area contributed by atoms with Crippen LogP contribution in [0.3, 0.4) is 0 Å². The maximum absolute atomic E-state index is 13.4. The Kier molecular flexibility index (Phi) is 7.37. The lowest BCUT2D eigenvalue weighted by molar-refractivity contribution is -0.114. The number of halogens is 3. The molecule has 192 valence electrons. The number of imidazole rings is 1. The monoisotopic (exact) mass is 512 g/mol. The zero-order valence-electron chi connectivity index (χ0n) is 20.1. The van der Waals surface area contributed by atoms with Crippen LogP contribution in [0.15, 0.2) is 48.7 Å². The number of carbonyl (C=O) groups is 2. The van der Waals surface area contributed by atoms with Crippen LogP contribution in [0.5, 0.6) is 5.75 Å². The molecule has 0 aliphatic heterocycles. The Bertz CT molecular complexity index is 1470. The molecule has 0 saturated heterocycles. The molecule has 4 rings (SSSR count). The van der Waals surface area contributed by atoms with E-state index in [1.807, 2.05) is 0 Å². The number of para-hydroxylation sites is 1. The van der Waals surface area contributed by atoms with Gasteiger partial charge in [-0.3, -0.25) is 14.6 Å². The highest BCUT2D eigenvalue weighted by Crippen LogP contribution is 2.25. The molecule has 4 aromatic rings. The van der Waals surface area contributed by atoms with Gasteiger partial charge in [0, 0.05) is 30.3 Å². The van der Waals surface area contributed by atoms with Crippen molar-refractivity contribution in [1.29, 1.82) is 0 Å². The molecule has 2 N–H and O–H groups in total. The zero-order valence-corrected chi connectivity index (χ0v) is 20.1. The Morgan fingerprint density at radius 1 is 1.05 bits per heavy atom. The number of nitrogens with one attached hydrogen (secondary N) is 2. The molecule has 12 heteroatoms. The molecule has 0 spiro atoms. The molecular weight excluding hydrogens is 489 g/mol. The van der Waals surface area contributed by atoms with Gasteiger partial charge in [-0.05, 0) is 38.1 Å². The van der Waals surface area contributed by atoms with Crippen molar-refractivity contribution in [2.75, 3.05) is 5.32 Å². The van der Waals surface area contributed by atoms with Gasteiger partial charge in [0.25, 0.3) is 12.3 Å². The molecule has 37 heavy (non-hydrogen) atoms. The highest BCUT2D eigenvalue weighted by Gasteiger charge is 2.22. The van der Waals surface area contributed by atoms with Gasteiger partial charge in [0.05, 0.1) is 23.1 Å². The van der Waals surface area contributed by atoms with Crippen molar-refractivity contribution in [2.45, 2.75) is 40.1 Å². The summed E-state index contributed by atoms with van der Waals surface area (Å²) in [6, 6.07) is 11.1. The second kappa shape index (κ2) is 10.6. The number of aromatic nitrogens is 4. The highest BCUT2D eigenvalue weighted by molar-refractivity contribution is 5.96. The number of alkyl halides is 3. The Hall–Kier alpha value is -4.48. The number of benzene rings is 1. The predicted octanol–water partition coefficient (Wildman–Crippen LogP) is 4.24. The smallest absolute Gasteiger partial charge is 0.304 e. The number of aryl methyl sites for hydroxylation is 2. The summed E-state index contributed by atoms with van der Waals surface area (Å²) in [6.45, 7) is 4.77. The first-order chi connectivity index (χ1) is 17.6. The van der Waals surface area contributed by atoms with Crippen molar-refractivity contribution < 1.29 is 27.5 Å². The fraction of sp³-hybridized carbons (Fsp3) is 0.240. The Labute approximate surface area is 209 Å². The van der Waals surface area contributed by atoms with Gasteiger partial charge in [-0.1, -0.05) is 18.2 Å². The minimum absolute atomic E-state index is 0.0845. The molecular formula is C25H23F3N6O3. The van der Waals surface area contributed by atoms with Crippen LogP contribution >= 0.6 is 0 Å². The van der Waals surface area contributed by atoms with Gasteiger partial charge in [-0.15, -0.1) is 0 Å². The quantitative estimate of drug-likeness (QED) is 0.366. The summed E-state index contributed by atoms with van der Waals surface area (Å²) >= 11 is 0. The zero-order chi connectivity index (χ0) is 26.7. The number of hydrogen-bond donors (Lipinski definition) is 2. The molecule has 0 aliphatic rings. The number of fused-ring (bicyclic) bond motifs is 1. The van der Waals surface area contributed by atoms with E-state index in [-0.39, 0.29) is 23.8 Å². The van der Waals surface area contributed by atoms with E-state index in [9.17, 15) is 22.8 Å². The van der Waals surface area contributed by atoms with Crippen molar-refractivity contribution in [2.24, 2.45) is 0 Å². The number of amides is 2. The lowest BCUT2D eigenvalue weighted by Gasteiger charge is -2.15. The van der Waals surface area contributed by atoms with Crippen molar-refractivity contribution in [1.82, 2.24) is 24.9 Å². The summed E-state index contributed by atoms with van der Waals surface area (Å²) < 4.78 is 44.8. The van der Waals surface area contributed by atoms with Crippen LogP contribution in [0.4, 0.5) is 19.0 Å². The van der Waals surface area contributed by atoms with Crippen LogP contribution in [-0.4, -0.2) is 44.2 Å². The van der Waals surface area contributed by atoms with Gasteiger partial charge in [0.1, 0.15) is 5.75 Å².